The summed E-state index contributed by atoms with van der Waals surface area (Å²) in [6, 6.07) is 1.51. The van der Waals surface area contributed by atoms with Crippen molar-refractivity contribution < 1.29 is 27.1 Å². The van der Waals surface area contributed by atoms with Gasteiger partial charge in [-0.3, -0.25) is 4.79 Å². The third-order valence-electron chi connectivity index (χ3n) is 3.47. The molecule has 0 heterocycles. The molecule has 0 atom stereocenters. The van der Waals surface area contributed by atoms with Gasteiger partial charge < -0.3 is 5.11 Å². The summed E-state index contributed by atoms with van der Waals surface area (Å²) in [6.07, 6.45) is 2.69. The highest BCUT2D eigenvalue weighted by atomic mass is 32.2. The molecule has 8 heteroatoms. The lowest BCUT2D eigenvalue weighted by Crippen LogP contribution is -2.42. The minimum absolute atomic E-state index is 0.447. The molecule has 116 valence electrons. The van der Waals surface area contributed by atoms with Crippen LogP contribution in [0.4, 0.5) is 8.78 Å². The SMILES string of the molecule is O=C(O)CN(C1CCCC1)S(=O)(=O)c1cc(F)cc(F)c1. The maximum absolute atomic E-state index is 13.2. The maximum Gasteiger partial charge on any atom is 0.318 e. The Morgan fingerprint density at radius 3 is 2.19 bits per heavy atom. The van der Waals surface area contributed by atoms with Crippen LogP contribution in [0.3, 0.4) is 0 Å². The molecule has 0 amide bonds. The Kier molecular flexibility index (Phi) is 4.58. The molecule has 1 N–H and O–H groups in total. The molecular weight excluding hydrogens is 304 g/mol. The largest absolute Gasteiger partial charge is 0.480 e. The van der Waals surface area contributed by atoms with Gasteiger partial charge in [0, 0.05) is 12.1 Å². The van der Waals surface area contributed by atoms with Crippen LogP contribution in [0.15, 0.2) is 23.1 Å². The molecule has 5 nitrogen and oxygen atoms in total. The maximum atomic E-state index is 13.2. The molecule has 1 fully saturated rings. The van der Waals surface area contributed by atoms with Gasteiger partial charge in [-0.15, -0.1) is 0 Å². The second-order valence-corrected chi connectivity index (χ2v) is 6.88. The molecule has 21 heavy (non-hydrogen) atoms. The van der Waals surface area contributed by atoms with E-state index in [1.165, 1.54) is 0 Å². The summed E-state index contributed by atoms with van der Waals surface area (Å²) >= 11 is 0. The first-order chi connectivity index (χ1) is 9.80. The number of hydrogen-bond acceptors (Lipinski definition) is 3. The molecule has 2 rings (SSSR count). The zero-order valence-corrected chi connectivity index (χ0v) is 11.9. The quantitative estimate of drug-likeness (QED) is 0.900. The standard InChI is InChI=1S/C13H15F2NO4S/c14-9-5-10(15)7-12(6-9)21(19,20)16(8-13(17)18)11-3-1-2-4-11/h5-7,11H,1-4,8H2,(H,17,18). The normalized spacial score (nSPS) is 16.5. The fourth-order valence-electron chi connectivity index (χ4n) is 2.55. The van der Waals surface area contributed by atoms with Crippen molar-refractivity contribution in [1.29, 1.82) is 0 Å². The number of rotatable bonds is 5. The van der Waals surface area contributed by atoms with Gasteiger partial charge in [-0.2, -0.15) is 4.31 Å². The van der Waals surface area contributed by atoms with Crippen molar-refractivity contribution in [3.63, 3.8) is 0 Å². The Bertz CT molecular complexity index is 621. The fraction of sp³-hybridized carbons (Fsp3) is 0.462. The average molecular weight is 319 g/mol. The van der Waals surface area contributed by atoms with Gasteiger partial charge >= 0.3 is 5.97 Å². The summed E-state index contributed by atoms with van der Waals surface area (Å²) in [6.45, 7) is -0.717. The van der Waals surface area contributed by atoms with Crippen molar-refractivity contribution in [2.75, 3.05) is 6.54 Å². The zero-order valence-electron chi connectivity index (χ0n) is 11.1. The van der Waals surface area contributed by atoms with Crippen LogP contribution in [0.5, 0.6) is 0 Å². The lowest BCUT2D eigenvalue weighted by atomic mass is 10.2. The molecule has 0 aliphatic heterocycles. The van der Waals surface area contributed by atoms with Gasteiger partial charge in [-0.1, -0.05) is 12.8 Å². The highest BCUT2D eigenvalue weighted by Gasteiger charge is 2.35. The predicted octanol–water partition coefficient (Wildman–Crippen LogP) is 1.98. The first-order valence-corrected chi connectivity index (χ1v) is 7.94. The van der Waals surface area contributed by atoms with Crippen molar-refractivity contribution >= 4 is 16.0 Å². The van der Waals surface area contributed by atoms with E-state index >= 15 is 0 Å². The Balaban J connectivity index is 2.42. The second kappa shape index (κ2) is 6.07. The Hall–Kier alpha value is -1.54. The van der Waals surface area contributed by atoms with Gasteiger partial charge in [0.15, 0.2) is 0 Å². The third-order valence-corrected chi connectivity index (χ3v) is 5.34. The molecule has 0 spiro atoms. The van der Waals surface area contributed by atoms with Crippen molar-refractivity contribution in [3.8, 4) is 0 Å². The van der Waals surface area contributed by atoms with E-state index in [1.54, 1.807) is 0 Å². The summed E-state index contributed by atoms with van der Waals surface area (Å²) in [5.74, 6) is -3.34. The van der Waals surface area contributed by atoms with E-state index in [9.17, 15) is 22.0 Å². The van der Waals surface area contributed by atoms with E-state index in [0.29, 0.717) is 31.0 Å². The first kappa shape index (κ1) is 15.8. The van der Waals surface area contributed by atoms with E-state index in [4.69, 9.17) is 5.11 Å². The van der Waals surface area contributed by atoms with Gasteiger partial charge in [0.25, 0.3) is 0 Å². The van der Waals surface area contributed by atoms with Gasteiger partial charge in [0.1, 0.15) is 18.2 Å². The number of nitrogens with zero attached hydrogens (tertiary/aromatic N) is 1. The minimum Gasteiger partial charge on any atom is -0.480 e. The fourth-order valence-corrected chi connectivity index (χ4v) is 4.23. The van der Waals surface area contributed by atoms with Crippen LogP contribution < -0.4 is 0 Å². The van der Waals surface area contributed by atoms with Crippen LogP contribution in [0.2, 0.25) is 0 Å². The van der Waals surface area contributed by atoms with Crippen molar-refractivity contribution in [1.82, 2.24) is 4.31 Å². The highest BCUT2D eigenvalue weighted by Crippen LogP contribution is 2.29. The second-order valence-electron chi connectivity index (χ2n) is 4.99. The van der Waals surface area contributed by atoms with E-state index in [0.717, 1.165) is 17.1 Å². The predicted molar refractivity (Wildman–Crippen MR) is 70.1 cm³/mol. The van der Waals surface area contributed by atoms with Crippen LogP contribution in [0, 0.1) is 11.6 Å². The summed E-state index contributed by atoms with van der Waals surface area (Å²) in [5, 5.41) is 8.91. The lowest BCUT2D eigenvalue weighted by molar-refractivity contribution is -0.137. The van der Waals surface area contributed by atoms with Crippen LogP contribution in [0.25, 0.3) is 0 Å². The molecule has 0 bridgehead atoms. The number of aliphatic carboxylic acids is 1. The van der Waals surface area contributed by atoms with Crippen LogP contribution >= 0.6 is 0 Å². The number of benzene rings is 1. The number of sulfonamides is 1. The molecule has 1 saturated carbocycles. The molecule has 0 aromatic heterocycles. The average Bonchev–Trinajstić information content (AvgIpc) is 2.87. The van der Waals surface area contributed by atoms with E-state index in [2.05, 4.69) is 0 Å². The summed E-state index contributed by atoms with van der Waals surface area (Å²) < 4.78 is 52.3. The topological polar surface area (TPSA) is 74.7 Å². The molecule has 0 unspecified atom stereocenters. The molecule has 1 aliphatic rings. The third kappa shape index (κ3) is 3.56. The summed E-state index contributed by atoms with van der Waals surface area (Å²) in [7, 11) is -4.25. The smallest absolute Gasteiger partial charge is 0.318 e. The number of halogens is 2. The van der Waals surface area contributed by atoms with Crippen molar-refractivity contribution in [2.24, 2.45) is 0 Å². The summed E-state index contributed by atoms with van der Waals surface area (Å²) in [4.78, 5) is 10.4. The first-order valence-electron chi connectivity index (χ1n) is 6.50. The van der Waals surface area contributed by atoms with Gasteiger partial charge in [-0.05, 0) is 25.0 Å². The van der Waals surface area contributed by atoms with E-state index in [1.807, 2.05) is 0 Å². The molecule has 0 saturated heterocycles. The summed E-state index contributed by atoms with van der Waals surface area (Å²) in [5.41, 5.74) is 0. The number of hydrogen-bond donors (Lipinski definition) is 1. The van der Waals surface area contributed by atoms with Crippen molar-refractivity contribution in [2.45, 2.75) is 36.6 Å². The van der Waals surface area contributed by atoms with Crippen LogP contribution in [0.1, 0.15) is 25.7 Å². The minimum atomic E-state index is -4.25. The molecule has 1 aliphatic carbocycles. The van der Waals surface area contributed by atoms with Gasteiger partial charge in [-0.25, -0.2) is 17.2 Å². The number of carboxylic acid groups (broad SMARTS) is 1. The van der Waals surface area contributed by atoms with E-state index < -0.39 is 45.1 Å². The van der Waals surface area contributed by atoms with Gasteiger partial charge in [0.2, 0.25) is 10.0 Å². The van der Waals surface area contributed by atoms with E-state index in [-0.39, 0.29) is 0 Å². The molecule has 1 aromatic carbocycles. The molecule has 1 aromatic rings. The Morgan fingerprint density at radius 1 is 1.19 bits per heavy atom. The number of carbonyl (C=O) groups is 1. The van der Waals surface area contributed by atoms with Gasteiger partial charge in [0.05, 0.1) is 4.90 Å². The van der Waals surface area contributed by atoms with Crippen LogP contribution in [-0.2, 0) is 14.8 Å². The molecular formula is C13H15F2NO4S. The molecule has 0 radical (unpaired) electrons. The monoisotopic (exact) mass is 319 g/mol. The zero-order chi connectivity index (χ0) is 15.6. The van der Waals surface area contributed by atoms with Crippen molar-refractivity contribution in [3.05, 3.63) is 29.8 Å². The lowest BCUT2D eigenvalue weighted by Gasteiger charge is -2.26. The Morgan fingerprint density at radius 2 is 1.71 bits per heavy atom. The number of carboxylic acids is 1. The highest BCUT2D eigenvalue weighted by molar-refractivity contribution is 7.89. The Labute approximate surface area is 121 Å². The van der Waals surface area contributed by atoms with Crippen LogP contribution in [-0.4, -0.2) is 36.4 Å².